The van der Waals surface area contributed by atoms with Gasteiger partial charge in [-0.3, -0.25) is 0 Å². The average molecular weight is 317 g/mol. The second-order valence-electron chi connectivity index (χ2n) is 4.81. The molecule has 0 heterocycles. The molecule has 1 aromatic carbocycles. The van der Waals surface area contributed by atoms with Gasteiger partial charge in [0.05, 0.1) is 11.5 Å². The number of aliphatic hydroxyl groups is 1. The predicted molar refractivity (Wildman–Crippen MR) is 75.6 cm³/mol. The molecule has 0 aliphatic rings. The van der Waals surface area contributed by atoms with Crippen LogP contribution in [-0.4, -0.2) is 43.9 Å². The summed E-state index contributed by atoms with van der Waals surface area (Å²) in [7, 11) is -3.75. The zero-order valence-corrected chi connectivity index (χ0v) is 12.6. The lowest BCUT2D eigenvalue weighted by molar-refractivity contribution is -0.139. The summed E-state index contributed by atoms with van der Waals surface area (Å²) in [5.41, 5.74) is 0. The summed E-state index contributed by atoms with van der Waals surface area (Å²) < 4.78 is 31.6. The molecule has 0 radical (unpaired) electrons. The molecule has 1 rings (SSSR count). The first kappa shape index (κ1) is 17.4. The molecule has 0 unspecified atom stereocenters. The lowest BCUT2D eigenvalue weighted by atomic mass is 10.1. The maximum Gasteiger partial charge on any atom is 0.341 e. The average Bonchev–Trinajstić information content (AvgIpc) is 2.42. The standard InChI is InChI=1S/C13H19NO6S/c1-9(2)12(7-15)14-21(18,19)11-5-3-10(4-6-11)20-8-13(16)17/h3-6,9,12,14-15H,7-8H2,1-2H3,(H,16,17)/t12-/m1/s1. The van der Waals surface area contributed by atoms with Gasteiger partial charge in [0.25, 0.3) is 0 Å². The second kappa shape index (κ2) is 7.39. The zero-order chi connectivity index (χ0) is 16.0. The van der Waals surface area contributed by atoms with E-state index in [9.17, 15) is 18.3 Å². The fourth-order valence-corrected chi connectivity index (χ4v) is 2.89. The van der Waals surface area contributed by atoms with E-state index < -0.39 is 28.6 Å². The largest absolute Gasteiger partial charge is 0.482 e. The van der Waals surface area contributed by atoms with E-state index in [4.69, 9.17) is 9.84 Å². The van der Waals surface area contributed by atoms with E-state index >= 15 is 0 Å². The second-order valence-corrected chi connectivity index (χ2v) is 6.52. The van der Waals surface area contributed by atoms with Gasteiger partial charge in [-0.1, -0.05) is 13.8 Å². The number of carbonyl (C=O) groups is 1. The summed E-state index contributed by atoms with van der Waals surface area (Å²) >= 11 is 0. The van der Waals surface area contributed by atoms with Gasteiger partial charge in [0, 0.05) is 6.04 Å². The molecule has 0 aliphatic carbocycles. The van der Waals surface area contributed by atoms with Crippen LogP contribution in [0.4, 0.5) is 0 Å². The molecule has 0 aromatic heterocycles. The molecular formula is C13H19NO6S. The number of carboxylic acid groups (broad SMARTS) is 1. The SMILES string of the molecule is CC(C)[C@@H](CO)NS(=O)(=O)c1ccc(OCC(=O)O)cc1. The number of rotatable bonds is 8. The fraction of sp³-hybridized carbons (Fsp3) is 0.462. The van der Waals surface area contributed by atoms with Crippen LogP contribution in [0.25, 0.3) is 0 Å². The minimum atomic E-state index is -3.75. The first-order valence-corrected chi connectivity index (χ1v) is 7.82. The highest BCUT2D eigenvalue weighted by atomic mass is 32.2. The molecule has 0 amide bonds. The number of carboxylic acids is 1. The van der Waals surface area contributed by atoms with Crippen molar-refractivity contribution in [3.8, 4) is 5.75 Å². The number of sulfonamides is 1. The quantitative estimate of drug-likeness (QED) is 0.641. The molecule has 1 aromatic rings. The van der Waals surface area contributed by atoms with E-state index in [2.05, 4.69) is 4.72 Å². The number of benzene rings is 1. The maximum absolute atomic E-state index is 12.1. The summed E-state index contributed by atoms with van der Waals surface area (Å²) in [4.78, 5) is 10.4. The Kier molecular flexibility index (Phi) is 6.13. The number of ether oxygens (including phenoxy) is 1. The van der Waals surface area contributed by atoms with Crippen LogP contribution in [0.15, 0.2) is 29.2 Å². The number of nitrogens with one attached hydrogen (secondary N) is 1. The van der Waals surface area contributed by atoms with Crippen LogP contribution in [0.1, 0.15) is 13.8 Å². The van der Waals surface area contributed by atoms with E-state index in [1.807, 2.05) is 0 Å². The van der Waals surface area contributed by atoms with Crippen molar-refractivity contribution in [3.63, 3.8) is 0 Å². The van der Waals surface area contributed by atoms with Crippen LogP contribution >= 0.6 is 0 Å². The van der Waals surface area contributed by atoms with Crippen LogP contribution in [0.3, 0.4) is 0 Å². The number of aliphatic carboxylic acids is 1. The molecule has 118 valence electrons. The van der Waals surface area contributed by atoms with Gasteiger partial charge in [0.1, 0.15) is 5.75 Å². The fourth-order valence-electron chi connectivity index (χ4n) is 1.51. The van der Waals surface area contributed by atoms with Crippen molar-refractivity contribution in [2.24, 2.45) is 5.92 Å². The molecule has 0 spiro atoms. The summed E-state index contributed by atoms with van der Waals surface area (Å²) in [6.07, 6.45) is 0. The summed E-state index contributed by atoms with van der Waals surface area (Å²) in [5, 5.41) is 17.7. The molecule has 0 saturated carbocycles. The zero-order valence-electron chi connectivity index (χ0n) is 11.8. The highest BCUT2D eigenvalue weighted by Gasteiger charge is 2.21. The highest BCUT2D eigenvalue weighted by molar-refractivity contribution is 7.89. The molecule has 0 aliphatic heterocycles. The van der Waals surface area contributed by atoms with E-state index in [0.29, 0.717) is 0 Å². The van der Waals surface area contributed by atoms with Gasteiger partial charge in [-0.25, -0.2) is 17.9 Å². The van der Waals surface area contributed by atoms with E-state index in [-0.39, 0.29) is 23.2 Å². The summed E-state index contributed by atoms with van der Waals surface area (Å²) in [6.45, 7) is 2.81. The lowest BCUT2D eigenvalue weighted by Crippen LogP contribution is -2.41. The topological polar surface area (TPSA) is 113 Å². The molecule has 21 heavy (non-hydrogen) atoms. The smallest absolute Gasteiger partial charge is 0.341 e. The third-order valence-electron chi connectivity index (χ3n) is 2.80. The van der Waals surface area contributed by atoms with Crippen molar-refractivity contribution >= 4 is 16.0 Å². The summed E-state index contributed by atoms with van der Waals surface area (Å²) in [6, 6.07) is 4.81. The molecular weight excluding hydrogens is 298 g/mol. The first-order valence-electron chi connectivity index (χ1n) is 6.34. The van der Waals surface area contributed by atoms with Crippen LogP contribution in [0.2, 0.25) is 0 Å². The normalized spacial score (nSPS) is 13.1. The van der Waals surface area contributed by atoms with Gasteiger partial charge in [0.15, 0.2) is 6.61 Å². The van der Waals surface area contributed by atoms with Crippen LogP contribution in [0, 0.1) is 5.92 Å². The van der Waals surface area contributed by atoms with Gasteiger partial charge in [-0.2, -0.15) is 0 Å². The molecule has 8 heteroatoms. The van der Waals surface area contributed by atoms with Crippen molar-refractivity contribution in [1.82, 2.24) is 4.72 Å². The Balaban J connectivity index is 2.82. The van der Waals surface area contributed by atoms with Crippen molar-refractivity contribution in [3.05, 3.63) is 24.3 Å². The van der Waals surface area contributed by atoms with Crippen LogP contribution in [0.5, 0.6) is 5.75 Å². The van der Waals surface area contributed by atoms with Crippen molar-refractivity contribution in [2.75, 3.05) is 13.2 Å². The predicted octanol–water partition coefficient (Wildman–Crippen LogP) is 0.445. The van der Waals surface area contributed by atoms with Gasteiger partial charge in [-0.15, -0.1) is 0 Å². The Morgan fingerprint density at radius 3 is 2.29 bits per heavy atom. The minimum Gasteiger partial charge on any atom is -0.482 e. The first-order chi connectivity index (χ1) is 9.76. The van der Waals surface area contributed by atoms with Crippen molar-refractivity contribution in [1.29, 1.82) is 0 Å². The Labute approximate surface area is 123 Å². The minimum absolute atomic E-state index is 0.0178. The molecule has 1 atom stereocenters. The van der Waals surface area contributed by atoms with Gasteiger partial charge in [-0.05, 0) is 30.2 Å². The monoisotopic (exact) mass is 317 g/mol. The molecule has 0 bridgehead atoms. The van der Waals surface area contributed by atoms with Gasteiger partial charge < -0.3 is 14.9 Å². The van der Waals surface area contributed by atoms with Crippen molar-refractivity contribution < 1.29 is 28.2 Å². The highest BCUT2D eigenvalue weighted by Crippen LogP contribution is 2.17. The molecule has 0 saturated heterocycles. The Hall–Kier alpha value is -1.64. The molecule has 3 N–H and O–H groups in total. The van der Waals surface area contributed by atoms with E-state index in [0.717, 1.165) is 0 Å². The number of aliphatic hydroxyl groups excluding tert-OH is 1. The van der Waals surface area contributed by atoms with Gasteiger partial charge in [0.2, 0.25) is 10.0 Å². The Morgan fingerprint density at radius 2 is 1.86 bits per heavy atom. The third kappa shape index (κ3) is 5.33. The summed E-state index contributed by atoms with van der Waals surface area (Å²) in [5.74, 6) is -0.905. The maximum atomic E-state index is 12.1. The van der Waals surface area contributed by atoms with Crippen molar-refractivity contribution in [2.45, 2.75) is 24.8 Å². The van der Waals surface area contributed by atoms with Crippen LogP contribution < -0.4 is 9.46 Å². The van der Waals surface area contributed by atoms with E-state index in [1.54, 1.807) is 13.8 Å². The number of hydrogen-bond acceptors (Lipinski definition) is 5. The van der Waals surface area contributed by atoms with Crippen LogP contribution in [-0.2, 0) is 14.8 Å². The van der Waals surface area contributed by atoms with E-state index in [1.165, 1.54) is 24.3 Å². The van der Waals surface area contributed by atoms with Gasteiger partial charge >= 0.3 is 5.97 Å². The third-order valence-corrected chi connectivity index (χ3v) is 4.31. The Bertz CT molecular complexity index is 567. The Morgan fingerprint density at radius 1 is 1.29 bits per heavy atom. The number of hydrogen-bond donors (Lipinski definition) is 3. The molecule has 7 nitrogen and oxygen atoms in total. The lowest BCUT2D eigenvalue weighted by Gasteiger charge is -2.19. The molecule has 0 fully saturated rings.